The first-order chi connectivity index (χ1) is 6.97. The summed E-state index contributed by atoms with van der Waals surface area (Å²) in [5, 5.41) is 7.54. The van der Waals surface area contributed by atoms with Crippen LogP contribution in [0.2, 0.25) is 0 Å². The molecule has 0 spiro atoms. The number of alkyl halides is 2. The molecule has 0 atom stereocenters. The van der Waals surface area contributed by atoms with Crippen molar-refractivity contribution < 1.29 is 13.6 Å². The fourth-order valence-corrected chi connectivity index (χ4v) is 1.21. The molecular weight excluding hydrogens is 226 g/mol. The summed E-state index contributed by atoms with van der Waals surface area (Å²) in [7, 11) is 0. The van der Waals surface area contributed by atoms with E-state index in [1.807, 2.05) is 0 Å². The minimum atomic E-state index is -2.89. The molecule has 0 amide bonds. The third-order valence-corrected chi connectivity index (χ3v) is 1.96. The van der Waals surface area contributed by atoms with E-state index in [9.17, 15) is 13.6 Å². The first kappa shape index (κ1) is 11.5. The van der Waals surface area contributed by atoms with Crippen molar-refractivity contribution >= 4 is 16.8 Å². The van der Waals surface area contributed by atoms with Gasteiger partial charge < -0.3 is 0 Å². The SMILES string of the molecule is Cc1nc(C(=O)Cl)c(C(F)F)cc1C#N. The summed E-state index contributed by atoms with van der Waals surface area (Å²) >= 11 is 5.10. The van der Waals surface area contributed by atoms with Gasteiger partial charge >= 0.3 is 0 Å². The average Bonchev–Trinajstić information content (AvgIpc) is 2.16. The Morgan fingerprint density at radius 1 is 1.67 bits per heavy atom. The fourth-order valence-electron chi connectivity index (χ4n) is 1.06. The molecule has 78 valence electrons. The molecule has 0 aromatic carbocycles. The third-order valence-electron chi connectivity index (χ3n) is 1.78. The van der Waals surface area contributed by atoms with Crippen LogP contribution in [0, 0.1) is 18.3 Å². The van der Waals surface area contributed by atoms with E-state index in [0.29, 0.717) is 0 Å². The van der Waals surface area contributed by atoms with Crippen molar-refractivity contribution in [1.29, 1.82) is 5.26 Å². The van der Waals surface area contributed by atoms with Crippen molar-refractivity contribution in [3.8, 4) is 6.07 Å². The highest BCUT2D eigenvalue weighted by Crippen LogP contribution is 2.24. The van der Waals surface area contributed by atoms with Crippen molar-refractivity contribution in [3.63, 3.8) is 0 Å². The van der Waals surface area contributed by atoms with Crippen LogP contribution < -0.4 is 0 Å². The van der Waals surface area contributed by atoms with Gasteiger partial charge in [0.2, 0.25) is 0 Å². The van der Waals surface area contributed by atoms with Gasteiger partial charge in [-0.2, -0.15) is 5.26 Å². The van der Waals surface area contributed by atoms with Gasteiger partial charge in [-0.25, -0.2) is 13.8 Å². The number of halogens is 3. The molecular formula is C9H5ClF2N2O. The molecule has 1 rings (SSSR count). The van der Waals surface area contributed by atoms with Crippen LogP contribution in [0.5, 0.6) is 0 Å². The van der Waals surface area contributed by atoms with Gasteiger partial charge in [-0.3, -0.25) is 4.79 Å². The molecule has 0 bridgehead atoms. The number of nitriles is 1. The van der Waals surface area contributed by atoms with Gasteiger partial charge in [0, 0.05) is 5.56 Å². The molecule has 0 aliphatic carbocycles. The van der Waals surface area contributed by atoms with E-state index in [-0.39, 0.29) is 11.3 Å². The lowest BCUT2D eigenvalue weighted by Crippen LogP contribution is -2.05. The van der Waals surface area contributed by atoms with Gasteiger partial charge in [-0.1, -0.05) is 0 Å². The van der Waals surface area contributed by atoms with Gasteiger partial charge in [0.15, 0.2) is 0 Å². The number of carbonyl (C=O) groups is 1. The number of aromatic nitrogens is 1. The van der Waals surface area contributed by atoms with Gasteiger partial charge in [0.05, 0.1) is 11.3 Å². The number of pyridine rings is 1. The molecule has 0 fully saturated rings. The lowest BCUT2D eigenvalue weighted by molar-refractivity contribution is 0.106. The summed E-state index contributed by atoms with van der Waals surface area (Å²) in [6, 6.07) is 2.64. The number of hydrogen-bond donors (Lipinski definition) is 0. The Labute approximate surface area is 89.3 Å². The van der Waals surface area contributed by atoms with E-state index < -0.39 is 22.9 Å². The highest BCUT2D eigenvalue weighted by atomic mass is 35.5. The number of rotatable bonds is 2. The molecule has 0 saturated carbocycles. The Balaban J connectivity index is 3.47. The molecule has 3 nitrogen and oxygen atoms in total. The largest absolute Gasteiger partial charge is 0.274 e. The Morgan fingerprint density at radius 2 is 2.27 bits per heavy atom. The van der Waals surface area contributed by atoms with Crippen LogP contribution in [0.15, 0.2) is 6.07 Å². The van der Waals surface area contributed by atoms with Crippen molar-refractivity contribution in [2.45, 2.75) is 13.3 Å². The maximum atomic E-state index is 12.5. The first-order valence-electron chi connectivity index (χ1n) is 3.87. The normalized spacial score (nSPS) is 10.1. The van der Waals surface area contributed by atoms with Crippen molar-refractivity contribution in [2.24, 2.45) is 0 Å². The zero-order chi connectivity index (χ0) is 11.6. The van der Waals surface area contributed by atoms with E-state index in [2.05, 4.69) is 4.98 Å². The second-order valence-electron chi connectivity index (χ2n) is 2.75. The van der Waals surface area contributed by atoms with Crippen LogP contribution in [0.3, 0.4) is 0 Å². The third kappa shape index (κ3) is 2.28. The van der Waals surface area contributed by atoms with Crippen LogP contribution >= 0.6 is 11.6 Å². The highest BCUT2D eigenvalue weighted by Gasteiger charge is 2.20. The molecule has 0 N–H and O–H groups in total. The van der Waals surface area contributed by atoms with Gasteiger partial charge in [-0.15, -0.1) is 0 Å². The molecule has 0 unspecified atom stereocenters. The summed E-state index contributed by atoms with van der Waals surface area (Å²) in [4.78, 5) is 14.4. The van der Waals surface area contributed by atoms with E-state index >= 15 is 0 Å². The monoisotopic (exact) mass is 230 g/mol. The Morgan fingerprint density at radius 3 is 2.67 bits per heavy atom. The lowest BCUT2D eigenvalue weighted by Gasteiger charge is -2.06. The topological polar surface area (TPSA) is 53.8 Å². The number of nitrogens with zero attached hydrogens (tertiary/aromatic N) is 2. The molecule has 0 saturated heterocycles. The van der Waals surface area contributed by atoms with Gasteiger partial charge in [-0.05, 0) is 24.6 Å². The number of aryl methyl sites for hydroxylation is 1. The molecule has 0 aliphatic heterocycles. The minimum Gasteiger partial charge on any atom is -0.274 e. The second kappa shape index (κ2) is 4.32. The number of carbonyl (C=O) groups excluding carboxylic acids is 1. The Kier molecular flexibility index (Phi) is 3.32. The Hall–Kier alpha value is -1.54. The fraction of sp³-hybridized carbons (Fsp3) is 0.222. The summed E-state index contributed by atoms with van der Waals surface area (Å²) < 4.78 is 25.0. The average molecular weight is 231 g/mol. The maximum absolute atomic E-state index is 12.5. The predicted octanol–water partition coefficient (Wildman–Crippen LogP) is 2.58. The van der Waals surface area contributed by atoms with E-state index in [1.165, 1.54) is 6.92 Å². The van der Waals surface area contributed by atoms with E-state index in [4.69, 9.17) is 16.9 Å². The molecule has 6 heteroatoms. The molecule has 0 radical (unpaired) electrons. The molecule has 1 aromatic rings. The zero-order valence-corrected chi connectivity index (χ0v) is 8.35. The summed E-state index contributed by atoms with van der Waals surface area (Å²) in [6.07, 6.45) is -2.89. The van der Waals surface area contributed by atoms with Crippen LogP contribution in [0.1, 0.15) is 33.7 Å². The summed E-state index contributed by atoms with van der Waals surface area (Å²) in [5.74, 6) is 0. The lowest BCUT2D eigenvalue weighted by atomic mass is 10.1. The van der Waals surface area contributed by atoms with Crippen molar-refractivity contribution in [3.05, 3.63) is 28.6 Å². The van der Waals surface area contributed by atoms with E-state index in [1.54, 1.807) is 6.07 Å². The van der Waals surface area contributed by atoms with Gasteiger partial charge in [0.25, 0.3) is 11.7 Å². The minimum absolute atomic E-state index is 0.00645. The Bertz CT molecular complexity index is 454. The van der Waals surface area contributed by atoms with Crippen LogP contribution in [0.4, 0.5) is 8.78 Å². The molecule has 1 heterocycles. The molecule has 0 aliphatic rings. The number of hydrogen-bond acceptors (Lipinski definition) is 3. The van der Waals surface area contributed by atoms with Gasteiger partial charge in [0.1, 0.15) is 11.8 Å². The second-order valence-corrected chi connectivity index (χ2v) is 3.09. The van der Waals surface area contributed by atoms with Crippen LogP contribution in [-0.4, -0.2) is 10.2 Å². The van der Waals surface area contributed by atoms with Crippen LogP contribution in [-0.2, 0) is 0 Å². The first-order valence-corrected chi connectivity index (χ1v) is 4.24. The standard InChI is InChI=1S/C9H5ClF2N2O/c1-4-5(3-13)2-6(9(11)12)7(14-4)8(10)15/h2,9H,1H3. The quantitative estimate of drug-likeness (QED) is 0.734. The molecule has 15 heavy (non-hydrogen) atoms. The smallest absolute Gasteiger partial charge is 0.271 e. The summed E-state index contributed by atoms with van der Waals surface area (Å²) in [6.45, 7) is 1.44. The van der Waals surface area contributed by atoms with E-state index in [0.717, 1.165) is 6.07 Å². The highest BCUT2D eigenvalue weighted by molar-refractivity contribution is 6.67. The summed E-state index contributed by atoms with van der Waals surface area (Å²) in [5.41, 5.74) is -0.904. The predicted molar refractivity (Wildman–Crippen MR) is 48.8 cm³/mol. The molecule has 1 aromatic heterocycles. The van der Waals surface area contributed by atoms with Crippen molar-refractivity contribution in [1.82, 2.24) is 4.98 Å². The zero-order valence-electron chi connectivity index (χ0n) is 7.59. The maximum Gasteiger partial charge on any atom is 0.271 e. The van der Waals surface area contributed by atoms with Crippen LogP contribution in [0.25, 0.3) is 0 Å². The van der Waals surface area contributed by atoms with Crippen molar-refractivity contribution in [2.75, 3.05) is 0 Å².